The lowest BCUT2D eigenvalue weighted by atomic mass is 9.96. The lowest BCUT2D eigenvalue weighted by Gasteiger charge is -2.22. The Balaban J connectivity index is 1.66. The summed E-state index contributed by atoms with van der Waals surface area (Å²) in [6.07, 6.45) is 3.43. The monoisotopic (exact) mass is 327 g/mol. The maximum Gasteiger partial charge on any atom is 0.193 e. The van der Waals surface area contributed by atoms with E-state index in [-0.39, 0.29) is 18.3 Å². The van der Waals surface area contributed by atoms with Crippen LogP contribution in [0.25, 0.3) is 0 Å². The molecule has 0 amide bonds. The third kappa shape index (κ3) is 3.74. The Kier molecular flexibility index (Phi) is 4.53. The molecule has 0 aromatic heterocycles. The Morgan fingerprint density at radius 1 is 1.21 bits per heavy atom. The highest BCUT2D eigenvalue weighted by Crippen LogP contribution is 2.25. The molecule has 1 atom stereocenters. The number of benzene rings is 2. The number of rotatable bonds is 4. The molecule has 1 aliphatic rings. The Bertz CT molecular complexity index is 754. The van der Waals surface area contributed by atoms with Crippen LogP contribution in [-0.2, 0) is 18.4 Å². The number of nitrogens with zero attached hydrogens (tertiary/aromatic N) is 1. The van der Waals surface area contributed by atoms with Gasteiger partial charge in [0.1, 0.15) is 11.4 Å². The predicted molar refractivity (Wildman–Crippen MR) is 94.5 cm³/mol. The van der Waals surface area contributed by atoms with E-state index in [0.29, 0.717) is 5.56 Å². The fourth-order valence-corrected chi connectivity index (χ4v) is 2.98. The van der Waals surface area contributed by atoms with E-state index >= 15 is 0 Å². The zero-order valence-corrected chi connectivity index (χ0v) is 13.7. The largest absolute Gasteiger partial charge is 0.384 e. The summed E-state index contributed by atoms with van der Waals surface area (Å²) in [7, 11) is 0. The Hall–Kier alpha value is -2.40. The lowest BCUT2D eigenvalue weighted by molar-refractivity contribution is 0.0673. The number of hydrogen-bond acceptors (Lipinski definition) is 2. The van der Waals surface area contributed by atoms with Crippen LogP contribution in [0.4, 0.5) is 10.1 Å². The highest BCUT2D eigenvalue weighted by atomic mass is 19.1. The van der Waals surface area contributed by atoms with Crippen molar-refractivity contribution < 1.29 is 9.50 Å². The fraction of sp³-hybridized carbons (Fsp3) is 0.316. The summed E-state index contributed by atoms with van der Waals surface area (Å²) in [5.41, 5.74) is 8.97. The van der Waals surface area contributed by atoms with Gasteiger partial charge in [0.05, 0.1) is 6.54 Å². The minimum Gasteiger partial charge on any atom is -0.384 e. The first-order valence-electron chi connectivity index (χ1n) is 8.11. The number of guanidine groups is 1. The Morgan fingerprint density at radius 2 is 1.92 bits per heavy atom. The molecule has 0 saturated carbocycles. The zero-order chi connectivity index (χ0) is 17.2. The average molecular weight is 327 g/mol. The molecule has 2 aromatic rings. The number of nitrogens with one attached hydrogen (secondary N) is 1. The van der Waals surface area contributed by atoms with Crippen LogP contribution in [-0.4, -0.2) is 17.6 Å². The second-order valence-corrected chi connectivity index (χ2v) is 6.44. The molecule has 0 spiro atoms. The molecule has 3 rings (SSSR count). The van der Waals surface area contributed by atoms with Crippen LogP contribution in [0.2, 0.25) is 0 Å². The number of halogens is 1. The highest BCUT2D eigenvalue weighted by Gasteiger charge is 2.22. The average Bonchev–Trinajstić information content (AvgIpc) is 3.01. The number of nitrogens with two attached hydrogens (primary N) is 1. The summed E-state index contributed by atoms with van der Waals surface area (Å²) in [6.45, 7) is 1.72. The summed E-state index contributed by atoms with van der Waals surface area (Å²) in [4.78, 5) is 4.22. The van der Waals surface area contributed by atoms with Crippen LogP contribution in [0.15, 0.2) is 47.5 Å². The quantitative estimate of drug-likeness (QED) is 0.597. The van der Waals surface area contributed by atoms with E-state index in [1.165, 1.54) is 29.7 Å². The molecule has 0 saturated heterocycles. The number of aryl methyl sites for hydroxylation is 2. The second-order valence-electron chi connectivity index (χ2n) is 6.44. The summed E-state index contributed by atoms with van der Waals surface area (Å²) >= 11 is 0. The Morgan fingerprint density at radius 3 is 2.67 bits per heavy atom. The van der Waals surface area contributed by atoms with E-state index in [9.17, 15) is 9.50 Å². The summed E-state index contributed by atoms with van der Waals surface area (Å²) in [5.74, 6) is -0.0915. The normalized spacial score (nSPS) is 16.5. The van der Waals surface area contributed by atoms with Crippen LogP contribution in [0.3, 0.4) is 0 Å². The minimum absolute atomic E-state index is 0.0857. The number of aliphatic hydroxyl groups is 1. The molecule has 5 heteroatoms. The topological polar surface area (TPSA) is 70.6 Å². The number of anilines is 1. The van der Waals surface area contributed by atoms with Gasteiger partial charge in [0.25, 0.3) is 0 Å². The molecule has 2 aromatic carbocycles. The van der Waals surface area contributed by atoms with Gasteiger partial charge in [-0.3, -0.25) is 0 Å². The number of aliphatic imine (C=N–C) groups is 1. The van der Waals surface area contributed by atoms with Gasteiger partial charge in [0.2, 0.25) is 0 Å². The van der Waals surface area contributed by atoms with Crippen molar-refractivity contribution in [2.45, 2.75) is 31.8 Å². The fourth-order valence-electron chi connectivity index (χ4n) is 2.98. The van der Waals surface area contributed by atoms with Crippen molar-refractivity contribution in [3.05, 3.63) is 65.0 Å². The van der Waals surface area contributed by atoms with Crippen molar-refractivity contribution in [2.24, 2.45) is 10.7 Å². The highest BCUT2D eigenvalue weighted by molar-refractivity contribution is 5.92. The van der Waals surface area contributed by atoms with Crippen LogP contribution in [0, 0.1) is 5.82 Å². The summed E-state index contributed by atoms with van der Waals surface area (Å²) < 4.78 is 13.0. The molecule has 126 valence electrons. The molecule has 0 radical (unpaired) electrons. The van der Waals surface area contributed by atoms with Gasteiger partial charge in [-0.05, 0) is 67.1 Å². The first-order chi connectivity index (χ1) is 11.4. The third-order valence-electron chi connectivity index (χ3n) is 4.39. The van der Waals surface area contributed by atoms with Gasteiger partial charge < -0.3 is 16.2 Å². The molecule has 0 fully saturated rings. The van der Waals surface area contributed by atoms with Gasteiger partial charge in [0.15, 0.2) is 5.96 Å². The first kappa shape index (κ1) is 16.5. The number of hydrogen-bond donors (Lipinski definition) is 3. The van der Waals surface area contributed by atoms with Crippen molar-refractivity contribution in [3.63, 3.8) is 0 Å². The van der Waals surface area contributed by atoms with Crippen molar-refractivity contribution in [1.82, 2.24) is 0 Å². The van der Waals surface area contributed by atoms with Crippen LogP contribution in [0.1, 0.15) is 30.0 Å². The van der Waals surface area contributed by atoms with Crippen LogP contribution < -0.4 is 11.1 Å². The maximum atomic E-state index is 13.0. The van der Waals surface area contributed by atoms with Gasteiger partial charge in [0, 0.05) is 5.69 Å². The van der Waals surface area contributed by atoms with E-state index in [1.807, 2.05) is 6.07 Å². The van der Waals surface area contributed by atoms with Gasteiger partial charge in [-0.15, -0.1) is 0 Å². The van der Waals surface area contributed by atoms with E-state index in [0.717, 1.165) is 18.5 Å². The van der Waals surface area contributed by atoms with Crippen molar-refractivity contribution in [1.29, 1.82) is 0 Å². The van der Waals surface area contributed by atoms with E-state index in [4.69, 9.17) is 5.73 Å². The second kappa shape index (κ2) is 6.61. The summed E-state index contributed by atoms with van der Waals surface area (Å²) in [5, 5.41) is 13.6. The van der Waals surface area contributed by atoms with Crippen molar-refractivity contribution >= 4 is 11.6 Å². The molecule has 1 aliphatic carbocycles. The molecule has 24 heavy (non-hydrogen) atoms. The SMILES string of the molecule is CC(O)(CN=C(N)Nc1ccc2c(c1)CCC2)c1ccc(F)cc1. The van der Waals surface area contributed by atoms with E-state index in [2.05, 4.69) is 22.4 Å². The first-order valence-corrected chi connectivity index (χ1v) is 8.11. The van der Waals surface area contributed by atoms with Crippen molar-refractivity contribution in [2.75, 3.05) is 11.9 Å². The predicted octanol–water partition coefficient (Wildman–Crippen LogP) is 2.95. The molecule has 0 aliphatic heterocycles. The lowest BCUT2D eigenvalue weighted by Crippen LogP contribution is -2.29. The molecule has 4 N–H and O–H groups in total. The zero-order valence-electron chi connectivity index (χ0n) is 13.7. The Labute approximate surface area is 141 Å². The number of fused-ring (bicyclic) bond motifs is 1. The van der Waals surface area contributed by atoms with Gasteiger partial charge >= 0.3 is 0 Å². The smallest absolute Gasteiger partial charge is 0.193 e. The van der Waals surface area contributed by atoms with Gasteiger partial charge in [-0.2, -0.15) is 0 Å². The molecule has 4 nitrogen and oxygen atoms in total. The van der Waals surface area contributed by atoms with E-state index < -0.39 is 5.60 Å². The van der Waals surface area contributed by atoms with Gasteiger partial charge in [-0.25, -0.2) is 9.38 Å². The van der Waals surface area contributed by atoms with Crippen LogP contribution >= 0.6 is 0 Å². The summed E-state index contributed by atoms with van der Waals surface area (Å²) in [6, 6.07) is 11.9. The molecular formula is C19H22FN3O. The molecular weight excluding hydrogens is 305 g/mol. The van der Waals surface area contributed by atoms with Crippen molar-refractivity contribution in [3.8, 4) is 0 Å². The minimum atomic E-state index is -1.21. The molecule has 0 bridgehead atoms. The molecule has 0 heterocycles. The van der Waals surface area contributed by atoms with E-state index in [1.54, 1.807) is 19.1 Å². The standard InChI is InChI=1S/C19H22FN3O/c1-19(24,15-6-8-16(20)9-7-15)12-22-18(21)23-17-10-5-13-3-2-4-14(13)11-17/h5-11,24H,2-4,12H2,1H3,(H3,21,22,23). The molecule has 1 unspecified atom stereocenters. The maximum absolute atomic E-state index is 13.0. The third-order valence-corrected chi connectivity index (χ3v) is 4.39. The van der Waals surface area contributed by atoms with Gasteiger partial charge in [-0.1, -0.05) is 18.2 Å². The van der Waals surface area contributed by atoms with Crippen LogP contribution in [0.5, 0.6) is 0 Å².